The van der Waals surface area contributed by atoms with Crippen LogP contribution in [0.2, 0.25) is 0 Å². The number of aliphatic hydroxyl groups excluding tert-OH is 1. The number of hydrogen-bond acceptors (Lipinski definition) is 6. The van der Waals surface area contributed by atoms with Crippen molar-refractivity contribution < 1.29 is 28.6 Å². The summed E-state index contributed by atoms with van der Waals surface area (Å²) in [5, 5.41) is 11.1. The van der Waals surface area contributed by atoms with E-state index < -0.39 is 23.5 Å². The first-order valence-corrected chi connectivity index (χ1v) is 11.9. The normalized spacial score (nSPS) is 17.3. The molecule has 1 amide bonds. The number of benzene rings is 2. The van der Waals surface area contributed by atoms with Crippen molar-refractivity contribution >= 4 is 17.4 Å². The third kappa shape index (κ3) is 5.65. The molecular weight excluding hydrogens is 451 g/mol. The van der Waals surface area contributed by atoms with Crippen LogP contribution in [0.4, 0.5) is 4.39 Å². The number of rotatable bonds is 11. The minimum Gasteiger partial charge on any atom is -0.507 e. The molecule has 1 atom stereocenters. The van der Waals surface area contributed by atoms with Crippen molar-refractivity contribution in [3.63, 3.8) is 0 Å². The van der Waals surface area contributed by atoms with Gasteiger partial charge in [-0.1, -0.05) is 26.8 Å². The molecule has 1 saturated heterocycles. The van der Waals surface area contributed by atoms with E-state index >= 15 is 0 Å². The SMILES string of the molecule is CCCOc1ccc(C2/C(=C(\O)c3ccc(F)cc3)C(=O)C(=O)N2CCN(CC)CC)cc1OC. The van der Waals surface area contributed by atoms with E-state index in [1.165, 1.54) is 36.3 Å². The van der Waals surface area contributed by atoms with Gasteiger partial charge in [0.2, 0.25) is 0 Å². The van der Waals surface area contributed by atoms with Crippen molar-refractivity contribution in [3.8, 4) is 11.5 Å². The Labute approximate surface area is 205 Å². The molecule has 0 aliphatic carbocycles. The number of carbonyl (C=O) groups excluding carboxylic acids is 2. The number of likely N-dealkylation sites (tertiary alicyclic amines) is 1. The Morgan fingerprint density at radius 2 is 1.74 bits per heavy atom. The van der Waals surface area contributed by atoms with Crippen molar-refractivity contribution in [1.82, 2.24) is 9.80 Å². The lowest BCUT2D eigenvalue weighted by molar-refractivity contribution is -0.140. The molecule has 1 aliphatic rings. The predicted octanol–water partition coefficient (Wildman–Crippen LogP) is 4.39. The fraction of sp³-hybridized carbons (Fsp3) is 0.407. The number of amides is 1. The molecule has 0 aromatic heterocycles. The molecule has 2 aromatic rings. The van der Waals surface area contributed by atoms with Crippen LogP contribution in [0.1, 0.15) is 44.4 Å². The van der Waals surface area contributed by atoms with Gasteiger partial charge in [0.1, 0.15) is 11.6 Å². The molecule has 1 aliphatic heterocycles. The molecule has 0 bridgehead atoms. The van der Waals surface area contributed by atoms with E-state index in [0.29, 0.717) is 36.8 Å². The van der Waals surface area contributed by atoms with Crippen LogP contribution in [-0.4, -0.2) is 66.5 Å². The van der Waals surface area contributed by atoms with Gasteiger partial charge in [0.15, 0.2) is 11.5 Å². The van der Waals surface area contributed by atoms with Crippen molar-refractivity contribution in [2.75, 3.05) is 39.9 Å². The second kappa shape index (κ2) is 11.8. The molecule has 0 spiro atoms. The first-order chi connectivity index (χ1) is 16.9. The first kappa shape index (κ1) is 26.2. The summed E-state index contributed by atoms with van der Waals surface area (Å²) in [4.78, 5) is 29.9. The van der Waals surface area contributed by atoms with Crippen LogP contribution >= 0.6 is 0 Å². The van der Waals surface area contributed by atoms with E-state index in [1.54, 1.807) is 18.2 Å². The standard InChI is InChI=1S/C27H33FN2O5/c1-5-16-35-21-13-10-19(17-22(21)34-4)24-23(25(31)18-8-11-20(28)12-9-18)26(32)27(33)30(24)15-14-29(6-2)7-3/h8-13,17,24,31H,5-7,14-16H2,1-4H3/b25-23+. The Kier molecular flexibility index (Phi) is 8.87. The molecule has 2 aromatic carbocycles. The second-order valence-corrected chi connectivity index (χ2v) is 8.29. The van der Waals surface area contributed by atoms with Gasteiger partial charge in [0, 0.05) is 18.7 Å². The van der Waals surface area contributed by atoms with Crippen molar-refractivity contribution in [3.05, 3.63) is 65.0 Å². The first-order valence-electron chi connectivity index (χ1n) is 11.9. The van der Waals surface area contributed by atoms with E-state index in [1.807, 2.05) is 20.8 Å². The molecule has 35 heavy (non-hydrogen) atoms. The number of methoxy groups -OCH3 is 1. The minimum atomic E-state index is -0.829. The van der Waals surface area contributed by atoms with Gasteiger partial charge in [-0.05, 0) is 61.5 Å². The largest absolute Gasteiger partial charge is 0.507 e. The molecule has 3 rings (SSSR count). The van der Waals surface area contributed by atoms with Gasteiger partial charge in [-0.3, -0.25) is 9.59 Å². The number of ether oxygens (including phenoxy) is 2. The maximum atomic E-state index is 13.5. The van der Waals surface area contributed by atoms with E-state index in [-0.39, 0.29) is 16.9 Å². The van der Waals surface area contributed by atoms with Crippen LogP contribution in [0, 0.1) is 5.82 Å². The summed E-state index contributed by atoms with van der Waals surface area (Å²) in [6, 6.07) is 9.57. The van der Waals surface area contributed by atoms with E-state index in [0.717, 1.165) is 19.5 Å². The van der Waals surface area contributed by atoms with Gasteiger partial charge in [-0.25, -0.2) is 4.39 Å². The molecule has 0 radical (unpaired) electrons. The van der Waals surface area contributed by atoms with Crippen LogP contribution in [0.15, 0.2) is 48.0 Å². The molecule has 1 heterocycles. The average Bonchev–Trinajstić information content (AvgIpc) is 3.13. The zero-order valence-electron chi connectivity index (χ0n) is 20.7. The van der Waals surface area contributed by atoms with E-state index in [9.17, 15) is 19.1 Å². The van der Waals surface area contributed by atoms with Gasteiger partial charge in [-0.2, -0.15) is 0 Å². The summed E-state index contributed by atoms with van der Waals surface area (Å²) in [6.07, 6.45) is 0.827. The van der Waals surface area contributed by atoms with Gasteiger partial charge in [0.25, 0.3) is 11.7 Å². The predicted molar refractivity (Wildman–Crippen MR) is 132 cm³/mol. The lowest BCUT2D eigenvalue weighted by Gasteiger charge is -2.28. The number of ketones is 1. The van der Waals surface area contributed by atoms with Gasteiger partial charge < -0.3 is 24.4 Å². The number of nitrogens with zero attached hydrogens (tertiary/aromatic N) is 2. The molecule has 8 heteroatoms. The van der Waals surface area contributed by atoms with Crippen molar-refractivity contribution in [2.24, 2.45) is 0 Å². The Bertz CT molecular complexity index is 1080. The fourth-order valence-corrected chi connectivity index (χ4v) is 4.19. The number of aliphatic hydroxyl groups is 1. The Morgan fingerprint density at radius 1 is 1.06 bits per heavy atom. The highest BCUT2D eigenvalue weighted by atomic mass is 19.1. The second-order valence-electron chi connectivity index (χ2n) is 8.29. The topological polar surface area (TPSA) is 79.3 Å². The molecule has 1 unspecified atom stereocenters. The highest BCUT2D eigenvalue weighted by molar-refractivity contribution is 6.46. The number of Topliss-reactive ketones (excluding diaryl/α,β-unsaturated/α-hetero) is 1. The number of likely N-dealkylation sites (N-methyl/N-ethyl adjacent to an activating group) is 1. The van der Waals surface area contributed by atoms with Crippen LogP contribution in [0.3, 0.4) is 0 Å². The molecule has 7 nitrogen and oxygen atoms in total. The van der Waals surface area contributed by atoms with Crippen LogP contribution < -0.4 is 9.47 Å². The Morgan fingerprint density at radius 3 is 2.34 bits per heavy atom. The van der Waals surface area contributed by atoms with Crippen LogP contribution in [0.25, 0.3) is 5.76 Å². The maximum absolute atomic E-state index is 13.5. The lowest BCUT2D eigenvalue weighted by atomic mass is 9.95. The van der Waals surface area contributed by atoms with E-state index in [4.69, 9.17) is 9.47 Å². The number of carbonyl (C=O) groups is 2. The quantitative estimate of drug-likeness (QED) is 0.290. The Hall–Kier alpha value is -3.39. The lowest BCUT2D eigenvalue weighted by Crippen LogP contribution is -2.38. The van der Waals surface area contributed by atoms with Gasteiger partial charge in [0.05, 0.1) is 25.3 Å². The summed E-state index contributed by atoms with van der Waals surface area (Å²) in [6.45, 7) is 9.06. The van der Waals surface area contributed by atoms with Gasteiger partial charge in [-0.15, -0.1) is 0 Å². The summed E-state index contributed by atoms with van der Waals surface area (Å²) >= 11 is 0. The molecule has 1 fully saturated rings. The molecule has 188 valence electrons. The third-order valence-electron chi connectivity index (χ3n) is 6.17. The summed E-state index contributed by atoms with van der Waals surface area (Å²) in [5.41, 5.74) is 0.826. The number of halogens is 1. The zero-order valence-corrected chi connectivity index (χ0v) is 20.7. The number of hydrogen-bond donors (Lipinski definition) is 1. The monoisotopic (exact) mass is 484 g/mol. The molecule has 1 N–H and O–H groups in total. The highest BCUT2D eigenvalue weighted by Gasteiger charge is 2.46. The third-order valence-corrected chi connectivity index (χ3v) is 6.17. The summed E-state index contributed by atoms with van der Waals surface area (Å²) in [7, 11) is 1.52. The summed E-state index contributed by atoms with van der Waals surface area (Å²) < 4.78 is 24.7. The Balaban J connectivity index is 2.12. The van der Waals surface area contributed by atoms with Crippen LogP contribution in [-0.2, 0) is 9.59 Å². The van der Waals surface area contributed by atoms with Crippen molar-refractivity contribution in [1.29, 1.82) is 0 Å². The van der Waals surface area contributed by atoms with Crippen molar-refractivity contribution in [2.45, 2.75) is 33.2 Å². The van der Waals surface area contributed by atoms with E-state index in [2.05, 4.69) is 4.90 Å². The average molecular weight is 485 g/mol. The maximum Gasteiger partial charge on any atom is 0.295 e. The highest BCUT2D eigenvalue weighted by Crippen LogP contribution is 2.42. The molecule has 0 saturated carbocycles. The van der Waals surface area contributed by atoms with Gasteiger partial charge >= 0.3 is 0 Å². The summed E-state index contributed by atoms with van der Waals surface area (Å²) in [5.74, 6) is -1.25. The minimum absolute atomic E-state index is 0.0366. The molecular formula is C27H33FN2O5. The smallest absolute Gasteiger partial charge is 0.295 e. The van der Waals surface area contributed by atoms with Crippen LogP contribution in [0.5, 0.6) is 11.5 Å². The fourth-order valence-electron chi connectivity index (χ4n) is 4.19. The zero-order chi connectivity index (χ0) is 25.5.